The predicted octanol–water partition coefficient (Wildman–Crippen LogP) is 5.06. The maximum atomic E-state index is 12.9. The van der Waals surface area contributed by atoms with Gasteiger partial charge in [0.15, 0.2) is 0 Å². The van der Waals surface area contributed by atoms with E-state index in [1.165, 1.54) is 12.1 Å². The van der Waals surface area contributed by atoms with Crippen LogP contribution in [0.2, 0.25) is 0 Å². The van der Waals surface area contributed by atoms with Crippen molar-refractivity contribution < 1.29 is 17.9 Å². The number of ether oxygens (including phenoxy) is 1. The van der Waals surface area contributed by atoms with E-state index < -0.39 is 11.7 Å². The normalized spacial score (nSPS) is 15.6. The maximum Gasteiger partial charge on any atom is 0.416 e. The molecule has 0 radical (unpaired) electrons. The highest BCUT2D eigenvalue weighted by Gasteiger charge is 2.31. The molecule has 3 nitrogen and oxygen atoms in total. The summed E-state index contributed by atoms with van der Waals surface area (Å²) in [6.45, 7) is 4.38. The Labute approximate surface area is 168 Å². The molecular formula is C23H23F3N2O. The Morgan fingerprint density at radius 3 is 2.34 bits per heavy atom. The lowest BCUT2D eigenvalue weighted by molar-refractivity contribution is -0.137. The van der Waals surface area contributed by atoms with E-state index in [0.717, 1.165) is 42.2 Å². The van der Waals surface area contributed by atoms with Crippen molar-refractivity contribution in [2.45, 2.75) is 6.18 Å². The number of hydrogen-bond acceptors (Lipinski definition) is 3. The van der Waals surface area contributed by atoms with Gasteiger partial charge in [0.05, 0.1) is 5.56 Å². The molecule has 1 fully saturated rings. The molecule has 4 rings (SSSR count). The number of nitrogens with zero attached hydrogens (tertiary/aromatic N) is 2. The summed E-state index contributed by atoms with van der Waals surface area (Å²) in [4.78, 5) is 4.30. The number of fused-ring (bicyclic) bond motifs is 1. The van der Waals surface area contributed by atoms with Gasteiger partial charge in [-0.1, -0.05) is 42.5 Å². The van der Waals surface area contributed by atoms with Crippen molar-refractivity contribution >= 4 is 16.5 Å². The maximum absolute atomic E-state index is 12.9. The molecule has 1 aliphatic rings. The average Bonchev–Trinajstić information content (AvgIpc) is 2.74. The first-order valence-electron chi connectivity index (χ1n) is 9.76. The molecule has 3 aromatic rings. The quantitative estimate of drug-likeness (QED) is 0.595. The topological polar surface area (TPSA) is 15.7 Å². The first-order valence-corrected chi connectivity index (χ1v) is 9.76. The SMILES string of the molecule is FC(F)(F)c1cccc(N2CCN(CCOc3cccc4ccccc34)CC2)c1. The van der Waals surface area contributed by atoms with Crippen LogP contribution in [0.5, 0.6) is 5.75 Å². The van der Waals surface area contributed by atoms with Crippen molar-refractivity contribution in [1.82, 2.24) is 4.90 Å². The second-order valence-electron chi connectivity index (χ2n) is 7.20. The van der Waals surface area contributed by atoms with E-state index in [4.69, 9.17) is 4.74 Å². The van der Waals surface area contributed by atoms with Crippen LogP contribution in [-0.2, 0) is 6.18 Å². The van der Waals surface area contributed by atoms with Crippen LogP contribution < -0.4 is 9.64 Å². The van der Waals surface area contributed by atoms with E-state index in [-0.39, 0.29) is 0 Å². The average molecular weight is 400 g/mol. The van der Waals surface area contributed by atoms with E-state index in [9.17, 15) is 13.2 Å². The van der Waals surface area contributed by atoms with Crippen molar-refractivity contribution in [3.63, 3.8) is 0 Å². The molecule has 29 heavy (non-hydrogen) atoms. The molecule has 0 N–H and O–H groups in total. The lowest BCUT2D eigenvalue weighted by Gasteiger charge is -2.36. The van der Waals surface area contributed by atoms with Gasteiger partial charge in [-0.15, -0.1) is 0 Å². The molecule has 1 heterocycles. The summed E-state index contributed by atoms with van der Waals surface area (Å²) in [5.74, 6) is 0.880. The third-order valence-electron chi connectivity index (χ3n) is 5.33. The fraction of sp³-hybridized carbons (Fsp3) is 0.304. The molecule has 0 aliphatic carbocycles. The lowest BCUT2D eigenvalue weighted by atomic mass is 10.1. The summed E-state index contributed by atoms with van der Waals surface area (Å²) in [6.07, 6.45) is -4.31. The fourth-order valence-electron chi connectivity index (χ4n) is 3.71. The molecular weight excluding hydrogens is 377 g/mol. The Balaban J connectivity index is 1.29. The summed E-state index contributed by atoms with van der Waals surface area (Å²) in [6, 6.07) is 19.7. The summed E-state index contributed by atoms with van der Waals surface area (Å²) in [5.41, 5.74) is 0.0346. The van der Waals surface area contributed by atoms with Crippen LogP contribution in [0.25, 0.3) is 10.8 Å². The minimum atomic E-state index is -4.31. The zero-order valence-corrected chi connectivity index (χ0v) is 16.0. The molecule has 6 heteroatoms. The molecule has 1 aliphatic heterocycles. The van der Waals surface area contributed by atoms with Gasteiger partial charge in [-0.2, -0.15) is 13.2 Å². The van der Waals surface area contributed by atoms with Gasteiger partial charge in [0.1, 0.15) is 12.4 Å². The fourth-order valence-corrected chi connectivity index (χ4v) is 3.71. The number of alkyl halides is 3. The standard InChI is InChI=1S/C23H23F3N2O/c24-23(25,26)19-7-4-8-20(17-19)28-13-11-27(12-14-28)15-16-29-22-10-3-6-18-5-1-2-9-21(18)22/h1-10,17H,11-16H2. The van der Waals surface area contributed by atoms with Crippen molar-refractivity contribution in [2.24, 2.45) is 0 Å². The van der Waals surface area contributed by atoms with Gasteiger partial charge in [-0.3, -0.25) is 4.90 Å². The zero-order chi connectivity index (χ0) is 20.3. The lowest BCUT2D eigenvalue weighted by Crippen LogP contribution is -2.47. The molecule has 0 unspecified atom stereocenters. The molecule has 3 aromatic carbocycles. The van der Waals surface area contributed by atoms with E-state index in [0.29, 0.717) is 25.4 Å². The first-order chi connectivity index (χ1) is 14.0. The van der Waals surface area contributed by atoms with Gasteiger partial charge in [0.2, 0.25) is 0 Å². The van der Waals surface area contributed by atoms with Crippen LogP contribution in [0.15, 0.2) is 66.7 Å². The molecule has 0 spiro atoms. The van der Waals surface area contributed by atoms with Gasteiger partial charge in [0.25, 0.3) is 0 Å². The molecule has 0 amide bonds. The van der Waals surface area contributed by atoms with Gasteiger partial charge in [0, 0.05) is 43.8 Å². The minimum Gasteiger partial charge on any atom is -0.492 e. The monoisotopic (exact) mass is 400 g/mol. The van der Waals surface area contributed by atoms with Crippen LogP contribution in [0.1, 0.15) is 5.56 Å². The largest absolute Gasteiger partial charge is 0.492 e. The molecule has 0 aromatic heterocycles. The predicted molar refractivity (Wildman–Crippen MR) is 110 cm³/mol. The van der Waals surface area contributed by atoms with E-state index in [1.54, 1.807) is 6.07 Å². The van der Waals surface area contributed by atoms with Crippen molar-refractivity contribution in [2.75, 3.05) is 44.2 Å². The molecule has 0 bridgehead atoms. The summed E-state index contributed by atoms with van der Waals surface area (Å²) >= 11 is 0. The van der Waals surface area contributed by atoms with E-state index in [2.05, 4.69) is 23.1 Å². The number of piperazine rings is 1. The Kier molecular flexibility index (Phi) is 5.62. The van der Waals surface area contributed by atoms with Crippen LogP contribution in [0.3, 0.4) is 0 Å². The number of anilines is 1. The summed E-state index contributed by atoms with van der Waals surface area (Å²) in [7, 11) is 0. The van der Waals surface area contributed by atoms with E-state index >= 15 is 0 Å². The molecule has 152 valence electrons. The van der Waals surface area contributed by atoms with Crippen LogP contribution in [0, 0.1) is 0 Å². The Bertz CT molecular complexity index is 960. The second-order valence-corrected chi connectivity index (χ2v) is 7.20. The van der Waals surface area contributed by atoms with Gasteiger partial charge < -0.3 is 9.64 Å². The zero-order valence-electron chi connectivity index (χ0n) is 16.0. The Morgan fingerprint density at radius 2 is 1.55 bits per heavy atom. The minimum absolute atomic E-state index is 0.581. The number of benzene rings is 3. The third-order valence-corrected chi connectivity index (χ3v) is 5.33. The highest BCUT2D eigenvalue weighted by Crippen LogP contribution is 2.32. The number of halogens is 3. The van der Waals surface area contributed by atoms with Crippen molar-refractivity contribution in [3.8, 4) is 5.75 Å². The highest BCUT2D eigenvalue weighted by atomic mass is 19.4. The Morgan fingerprint density at radius 1 is 0.828 bits per heavy atom. The van der Waals surface area contributed by atoms with Gasteiger partial charge in [-0.25, -0.2) is 0 Å². The van der Waals surface area contributed by atoms with Crippen molar-refractivity contribution in [1.29, 1.82) is 0 Å². The van der Waals surface area contributed by atoms with Crippen LogP contribution in [0.4, 0.5) is 18.9 Å². The summed E-state index contributed by atoms with van der Waals surface area (Å²) < 4.78 is 44.8. The molecule has 1 saturated heterocycles. The number of rotatable bonds is 5. The van der Waals surface area contributed by atoms with E-state index in [1.807, 2.05) is 29.2 Å². The Hall–Kier alpha value is -2.73. The van der Waals surface area contributed by atoms with Gasteiger partial charge in [-0.05, 0) is 29.7 Å². The first kappa shape index (κ1) is 19.6. The van der Waals surface area contributed by atoms with Crippen LogP contribution in [-0.4, -0.2) is 44.2 Å². The molecule has 0 saturated carbocycles. The molecule has 0 atom stereocenters. The second kappa shape index (κ2) is 8.33. The highest BCUT2D eigenvalue weighted by molar-refractivity contribution is 5.88. The smallest absolute Gasteiger partial charge is 0.416 e. The van der Waals surface area contributed by atoms with Gasteiger partial charge >= 0.3 is 6.18 Å². The number of hydrogen-bond donors (Lipinski definition) is 0. The van der Waals surface area contributed by atoms with Crippen LogP contribution >= 0.6 is 0 Å². The third kappa shape index (κ3) is 4.65. The summed E-state index contributed by atoms with van der Waals surface area (Å²) in [5, 5.41) is 2.25. The van der Waals surface area contributed by atoms with Crippen molar-refractivity contribution in [3.05, 3.63) is 72.3 Å².